The summed E-state index contributed by atoms with van der Waals surface area (Å²) in [5.74, 6) is -1.55. The van der Waals surface area contributed by atoms with Gasteiger partial charge in [-0.05, 0) is 64.2 Å². The van der Waals surface area contributed by atoms with Crippen molar-refractivity contribution in [3.63, 3.8) is 0 Å². The number of carbonyl (C=O) groups is 5. The van der Waals surface area contributed by atoms with Gasteiger partial charge in [-0.15, -0.1) is 0 Å². The predicted molar refractivity (Wildman–Crippen MR) is 158 cm³/mol. The zero-order valence-corrected chi connectivity index (χ0v) is 24.4. The smallest absolute Gasteiger partial charge is 0.407 e. The van der Waals surface area contributed by atoms with Crippen molar-refractivity contribution in [2.45, 2.75) is 91.0 Å². The topological polar surface area (TPSA) is 161 Å². The van der Waals surface area contributed by atoms with Gasteiger partial charge in [-0.3, -0.25) is 14.4 Å². The summed E-state index contributed by atoms with van der Waals surface area (Å²) in [6.45, 7) is 7.15. The van der Waals surface area contributed by atoms with Crippen molar-refractivity contribution in [3.05, 3.63) is 42.0 Å². The Hall–Kier alpha value is -4.09. The third kappa shape index (κ3) is 13.5. The first-order chi connectivity index (χ1) is 19.4. The van der Waals surface area contributed by atoms with E-state index in [0.717, 1.165) is 5.56 Å². The van der Waals surface area contributed by atoms with E-state index in [0.29, 0.717) is 25.1 Å². The van der Waals surface area contributed by atoms with Crippen molar-refractivity contribution >= 4 is 29.8 Å². The first-order valence-electron chi connectivity index (χ1n) is 13.7. The molecule has 0 radical (unpaired) electrons. The largest absolute Gasteiger partial charge is 0.490 e. The van der Waals surface area contributed by atoms with E-state index in [2.05, 4.69) is 21.3 Å². The molecular weight excluding hydrogens is 544 g/mol. The van der Waals surface area contributed by atoms with Crippen molar-refractivity contribution in [1.29, 1.82) is 0 Å². The maximum atomic E-state index is 13.3. The van der Waals surface area contributed by atoms with Crippen molar-refractivity contribution < 1.29 is 38.2 Å². The highest BCUT2D eigenvalue weighted by molar-refractivity contribution is 5.93. The van der Waals surface area contributed by atoms with Crippen LogP contribution in [0.15, 0.2) is 36.4 Å². The van der Waals surface area contributed by atoms with E-state index >= 15 is 0 Å². The molecule has 0 saturated carbocycles. The second-order valence-electron chi connectivity index (χ2n) is 10.7. The number of benzene rings is 1. The second kappa shape index (κ2) is 17.7. The summed E-state index contributed by atoms with van der Waals surface area (Å²) in [5, 5.41) is 10.7. The SMILES string of the molecule is C.COC(=O)[C@@H]1CC=CCOc2ccc(cc2)C[C@H](NC(C)=O)C(=O)N[C@H](CCCCNC(=O)OC(C)(C)C)C(=O)N1. The van der Waals surface area contributed by atoms with Crippen LogP contribution in [0.4, 0.5) is 4.79 Å². The number of nitrogens with one attached hydrogen (secondary N) is 4. The summed E-state index contributed by atoms with van der Waals surface area (Å²) in [6.07, 6.45) is 4.40. The lowest BCUT2D eigenvalue weighted by Gasteiger charge is -2.25. The molecule has 1 aromatic rings. The highest BCUT2D eigenvalue weighted by Crippen LogP contribution is 2.15. The zero-order chi connectivity index (χ0) is 30.4. The summed E-state index contributed by atoms with van der Waals surface area (Å²) in [5.41, 5.74) is 0.159. The van der Waals surface area contributed by atoms with Crippen LogP contribution in [0.3, 0.4) is 0 Å². The summed E-state index contributed by atoms with van der Waals surface area (Å²) in [4.78, 5) is 62.9. The number of esters is 1. The number of amides is 4. The molecule has 3 rings (SSSR count). The quantitative estimate of drug-likeness (QED) is 0.214. The van der Waals surface area contributed by atoms with Crippen LogP contribution in [0, 0.1) is 0 Å². The van der Waals surface area contributed by atoms with Crippen LogP contribution >= 0.6 is 0 Å². The first-order valence-corrected chi connectivity index (χ1v) is 13.7. The average molecular weight is 591 g/mol. The van der Waals surface area contributed by atoms with Gasteiger partial charge in [0.15, 0.2) is 0 Å². The molecule has 12 nitrogen and oxygen atoms in total. The molecule has 2 aliphatic rings. The fourth-order valence-corrected chi connectivity index (χ4v) is 4.00. The van der Waals surface area contributed by atoms with Crippen LogP contribution in [-0.2, 0) is 35.1 Å². The molecular formula is C30H46N4O8. The number of hydrogen-bond donors (Lipinski definition) is 4. The van der Waals surface area contributed by atoms with Gasteiger partial charge in [0.05, 0.1) is 7.11 Å². The minimum Gasteiger partial charge on any atom is -0.490 e. The number of rotatable bonds is 7. The van der Waals surface area contributed by atoms with Crippen molar-refractivity contribution in [3.8, 4) is 5.75 Å². The lowest BCUT2D eigenvalue weighted by Crippen LogP contribution is -2.56. The highest BCUT2D eigenvalue weighted by atomic mass is 16.6. The lowest BCUT2D eigenvalue weighted by molar-refractivity contribution is -0.145. The number of ether oxygens (including phenoxy) is 3. The fraction of sp³-hybridized carbons (Fsp3) is 0.567. The lowest BCUT2D eigenvalue weighted by atomic mass is 10.0. The van der Waals surface area contributed by atoms with Crippen LogP contribution in [0.25, 0.3) is 0 Å². The average Bonchev–Trinajstić information content (AvgIpc) is 2.89. The highest BCUT2D eigenvalue weighted by Gasteiger charge is 2.29. The van der Waals surface area contributed by atoms with E-state index < -0.39 is 53.5 Å². The Labute approximate surface area is 248 Å². The Kier molecular flexibility index (Phi) is 15.1. The molecule has 0 unspecified atom stereocenters. The maximum absolute atomic E-state index is 13.3. The van der Waals surface area contributed by atoms with E-state index in [9.17, 15) is 24.0 Å². The molecule has 4 N–H and O–H groups in total. The molecule has 4 amide bonds. The molecule has 0 saturated heterocycles. The van der Waals surface area contributed by atoms with Crippen molar-refractivity contribution in [2.75, 3.05) is 20.3 Å². The maximum Gasteiger partial charge on any atom is 0.407 e. The Morgan fingerprint density at radius 1 is 1.02 bits per heavy atom. The van der Waals surface area contributed by atoms with Crippen LogP contribution in [0.5, 0.6) is 5.75 Å². The zero-order valence-electron chi connectivity index (χ0n) is 24.4. The number of alkyl carbamates (subject to hydrolysis) is 1. The van der Waals surface area contributed by atoms with Gasteiger partial charge in [-0.25, -0.2) is 9.59 Å². The molecule has 0 spiro atoms. The van der Waals surface area contributed by atoms with E-state index in [1.165, 1.54) is 14.0 Å². The van der Waals surface area contributed by atoms with Crippen LogP contribution in [-0.4, -0.2) is 73.8 Å². The molecule has 0 aliphatic carbocycles. The first kappa shape index (κ1) is 35.9. The second-order valence-corrected chi connectivity index (χ2v) is 10.7. The van der Waals surface area contributed by atoms with Gasteiger partial charge in [-0.2, -0.15) is 0 Å². The van der Waals surface area contributed by atoms with Gasteiger partial charge in [-0.1, -0.05) is 31.7 Å². The number of fused-ring (bicyclic) bond motifs is 13. The third-order valence-electron chi connectivity index (χ3n) is 5.96. The number of hydrogen-bond acceptors (Lipinski definition) is 8. The van der Waals surface area contributed by atoms with Gasteiger partial charge in [0.1, 0.15) is 36.1 Å². The standard InChI is InChI=1S/C29H42N4O8.CH4/c1-19(34)31-24-18-20-12-14-21(15-13-20)40-17-9-7-11-23(27(37)39-5)33-25(35)22(32-26(24)36)10-6-8-16-30-28(38)41-29(2,3)4;/h7,9,12-15,22-24H,6,8,10-11,16-18H2,1-5H3,(H,30,38)(H,31,34)(H,32,36)(H,33,35);1H4/t22-,23+,24+;/m1./s1. The minimum absolute atomic E-state index is 0. The van der Waals surface area contributed by atoms with E-state index in [-0.39, 0.29) is 33.3 Å². The normalized spacial score (nSPS) is 19.6. The van der Waals surface area contributed by atoms with Gasteiger partial charge >= 0.3 is 12.1 Å². The van der Waals surface area contributed by atoms with E-state index in [1.807, 2.05) is 0 Å². The molecule has 234 valence electrons. The van der Waals surface area contributed by atoms with Gasteiger partial charge in [0.25, 0.3) is 0 Å². The summed E-state index contributed by atoms with van der Waals surface area (Å²) >= 11 is 0. The van der Waals surface area contributed by atoms with E-state index in [4.69, 9.17) is 14.2 Å². The molecule has 42 heavy (non-hydrogen) atoms. The van der Waals surface area contributed by atoms with Gasteiger partial charge in [0.2, 0.25) is 17.7 Å². The molecule has 2 heterocycles. The molecule has 0 aromatic heterocycles. The van der Waals surface area contributed by atoms with Crippen LogP contribution in [0.2, 0.25) is 0 Å². The Morgan fingerprint density at radius 3 is 2.33 bits per heavy atom. The molecule has 2 bridgehead atoms. The Balaban J connectivity index is 0.00000882. The van der Waals surface area contributed by atoms with E-state index in [1.54, 1.807) is 57.2 Å². The van der Waals surface area contributed by atoms with Crippen molar-refractivity contribution in [1.82, 2.24) is 21.3 Å². The molecule has 1 aromatic carbocycles. The Morgan fingerprint density at radius 2 is 1.71 bits per heavy atom. The van der Waals surface area contributed by atoms with Crippen molar-refractivity contribution in [2.24, 2.45) is 0 Å². The summed E-state index contributed by atoms with van der Waals surface area (Å²) in [7, 11) is 1.22. The van der Waals surface area contributed by atoms with Gasteiger partial charge in [0, 0.05) is 19.9 Å². The molecule has 2 aliphatic heterocycles. The number of methoxy groups -OCH3 is 1. The predicted octanol–water partition coefficient (Wildman–Crippen LogP) is 2.55. The molecule has 12 heteroatoms. The minimum atomic E-state index is -1.02. The molecule has 3 atom stereocenters. The van der Waals surface area contributed by atoms with Gasteiger partial charge < -0.3 is 35.5 Å². The summed E-state index contributed by atoms with van der Waals surface area (Å²) in [6, 6.07) is 4.18. The number of carbonyl (C=O) groups excluding carboxylic acids is 5. The van der Waals surface area contributed by atoms with Crippen LogP contribution in [0.1, 0.15) is 66.4 Å². The van der Waals surface area contributed by atoms with Crippen LogP contribution < -0.4 is 26.0 Å². The Bertz CT molecular complexity index is 1080. The summed E-state index contributed by atoms with van der Waals surface area (Å²) < 4.78 is 15.8. The third-order valence-corrected chi connectivity index (χ3v) is 5.96. The number of unbranched alkanes of at least 4 members (excludes halogenated alkanes) is 1. The molecule has 0 fully saturated rings. The fourth-order valence-electron chi connectivity index (χ4n) is 4.00. The monoisotopic (exact) mass is 590 g/mol.